The van der Waals surface area contributed by atoms with Crippen molar-refractivity contribution in [2.24, 2.45) is 0 Å². The Bertz CT molecular complexity index is 445. The van der Waals surface area contributed by atoms with Gasteiger partial charge in [0.25, 0.3) is 0 Å². The van der Waals surface area contributed by atoms with E-state index in [-0.39, 0.29) is 6.42 Å². The van der Waals surface area contributed by atoms with Crippen LogP contribution < -0.4 is 14.2 Å². The molecule has 1 aromatic rings. The van der Waals surface area contributed by atoms with Crippen LogP contribution in [0.25, 0.3) is 0 Å². The Kier molecular flexibility index (Phi) is 5.09. The van der Waals surface area contributed by atoms with Gasteiger partial charge in [-0.25, -0.2) is 0 Å². The van der Waals surface area contributed by atoms with Crippen molar-refractivity contribution in [1.29, 1.82) is 0 Å². The molecule has 0 amide bonds. The zero-order valence-corrected chi connectivity index (χ0v) is 11.2. The van der Waals surface area contributed by atoms with Crippen LogP contribution in [0.15, 0.2) is 6.07 Å². The number of halogens is 1. The van der Waals surface area contributed by atoms with Crippen LogP contribution in [0.4, 0.5) is 0 Å². The number of ether oxygens (including phenoxy) is 3. The molecule has 100 valence electrons. The molecule has 0 aliphatic heterocycles. The maximum Gasteiger partial charge on any atom is 0.303 e. The molecule has 0 saturated heterocycles. The lowest BCUT2D eigenvalue weighted by Gasteiger charge is -2.16. The van der Waals surface area contributed by atoms with Gasteiger partial charge in [-0.05, 0) is 12.5 Å². The van der Waals surface area contributed by atoms with Gasteiger partial charge >= 0.3 is 5.97 Å². The Labute approximate surface area is 110 Å². The van der Waals surface area contributed by atoms with E-state index < -0.39 is 5.97 Å². The van der Waals surface area contributed by atoms with Gasteiger partial charge in [-0.15, -0.1) is 0 Å². The van der Waals surface area contributed by atoms with E-state index in [9.17, 15) is 4.79 Å². The van der Waals surface area contributed by atoms with E-state index in [2.05, 4.69) is 0 Å². The normalized spacial score (nSPS) is 10.0. The first-order valence-corrected chi connectivity index (χ1v) is 5.62. The summed E-state index contributed by atoms with van der Waals surface area (Å²) in [6.45, 7) is 0. The molecule has 0 fully saturated rings. The van der Waals surface area contributed by atoms with Crippen molar-refractivity contribution in [3.63, 3.8) is 0 Å². The van der Waals surface area contributed by atoms with E-state index in [4.69, 9.17) is 30.9 Å². The first-order chi connectivity index (χ1) is 8.54. The summed E-state index contributed by atoms with van der Waals surface area (Å²) >= 11 is 6.05. The average molecular weight is 275 g/mol. The van der Waals surface area contributed by atoms with E-state index in [0.29, 0.717) is 34.3 Å². The smallest absolute Gasteiger partial charge is 0.303 e. The average Bonchev–Trinajstić information content (AvgIpc) is 2.34. The quantitative estimate of drug-likeness (QED) is 0.863. The van der Waals surface area contributed by atoms with Crippen molar-refractivity contribution in [2.45, 2.75) is 12.8 Å². The van der Waals surface area contributed by atoms with Gasteiger partial charge in [0.2, 0.25) is 5.75 Å². The predicted molar refractivity (Wildman–Crippen MR) is 67.1 cm³/mol. The number of rotatable bonds is 6. The topological polar surface area (TPSA) is 65.0 Å². The summed E-state index contributed by atoms with van der Waals surface area (Å²) in [7, 11) is 4.42. The molecule has 6 heteroatoms. The highest BCUT2D eigenvalue weighted by Crippen LogP contribution is 2.45. The maximum absolute atomic E-state index is 10.6. The van der Waals surface area contributed by atoms with Crippen LogP contribution in [0.5, 0.6) is 17.2 Å². The fourth-order valence-corrected chi connectivity index (χ4v) is 1.96. The third kappa shape index (κ3) is 2.98. The lowest BCUT2D eigenvalue weighted by Crippen LogP contribution is -2.02. The molecule has 1 aromatic carbocycles. The predicted octanol–water partition coefficient (Wildman–Crippen LogP) is 2.38. The minimum atomic E-state index is -0.886. The highest BCUT2D eigenvalue weighted by atomic mass is 35.5. The Balaban J connectivity index is 3.25. The number of carboxylic acids is 1. The van der Waals surface area contributed by atoms with Gasteiger partial charge in [-0.3, -0.25) is 4.79 Å². The molecule has 0 unspecified atom stereocenters. The summed E-state index contributed by atoms with van der Waals surface area (Å²) in [5, 5.41) is 9.06. The van der Waals surface area contributed by atoms with Gasteiger partial charge in [-0.1, -0.05) is 11.6 Å². The van der Waals surface area contributed by atoms with Crippen LogP contribution >= 0.6 is 11.6 Å². The number of benzene rings is 1. The van der Waals surface area contributed by atoms with Crippen LogP contribution in [0.3, 0.4) is 0 Å². The van der Waals surface area contributed by atoms with Crippen molar-refractivity contribution in [1.82, 2.24) is 0 Å². The second-order valence-electron chi connectivity index (χ2n) is 3.51. The molecule has 0 bridgehead atoms. The molecule has 0 aliphatic rings. The summed E-state index contributed by atoms with van der Waals surface area (Å²) in [5.74, 6) is 0.297. The summed E-state index contributed by atoms with van der Waals surface area (Å²) < 4.78 is 15.6. The van der Waals surface area contributed by atoms with Crippen LogP contribution in [-0.2, 0) is 11.2 Å². The lowest BCUT2D eigenvalue weighted by molar-refractivity contribution is -0.136. The SMILES string of the molecule is COc1c(Cl)cc(CCC(=O)O)c(OC)c1OC. The van der Waals surface area contributed by atoms with Gasteiger partial charge in [-0.2, -0.15) is 0 Å². The van der Waals surface area contributed by atoms with E-state index >= 15 is 0 Å². The largest absolute Gasteiger partial charge is 0.492 e. The second kappa shape index (κ2) is 6.35. The first kappa shape index (κ1) is 14.4. The minimum absolute atomic E-state index is 0.0117. The molecule has 1 N–H and O–H groups in total. The van der Waals surface area contributed by atoms with Crippen LogP contribution in [0.2, 0.25) is 5.02 Å². The Morgan fingerprint density at radius 2 is 1.72 bits per heavy atom. The number of aryl methyl sites for hydroxylation is 1. The molecule has 18 heavy (non-hydrogen) atoms. The Morgan fingerprint density at radius 1 is 1.17 bits per heavy atom. The van der Waals surface area contributed by atoms with E-state index in [0.717, 1.165) is 0 Å². The fourth-order valence-electron chi connectivity index (χ4n) is 1.67. The van der Waals surface area contributed by atoms with Gasteiger partial charge in [0.15, 0.2) is 11.5 Å². The first-order valence-electron chi connectivity index (χ1n) is 5.24. The summed E-state index contributed by atoms with van der Waals surface area (Å²) in [6, 6.07) is 1.63. The van der Waals surface area contributed by atoms with Crippen molar-refractivity contribution in [2.75, 3.05) is 21.3 Å². The molecule has 1 rings (SSSR count). The zero-order valence-electron chi connectivity index (χ0n) is 10.4. The van der Waals surface area contributed by atoms with Crippen molar-refractivity contribution < 1.29 is 24.1 Å². The van der Waals surface area contributed by atoms with Crippen molar-refractivity contribution in [3.8, 4) is 17.2 Å². The summed E-state index contributed by atoms with van der Waals surface area (Å²) in [5.41, 5.74) is 0.669. The fraction of sp³-hybridized carbons (Fsp3) is 0.417. The monoisotopic (exact) mass is 274 g/mol. The standard InChI is InChI=1S/C12H15ClO5/c1-16-10-7(4-5-9(14)15)6-8(13)11(17-2)12(10)18-3/h6H,4-5H2,1-3H3,(H,14,15). The number of carboxylic acid groups (broad SMARTS) is 1. The molecular formula is C12H15ClO5. The number of methoxy groups -OCH3 is 3. The van der Waals surface area contributed by atoms with E-state index in [1.807, 2.05) is 0 Å². The molecular weight excluding hydrogens is 260 g/mol. The summed E-state index contributed by atoms with van der Waals surface area (Å²) in [4.78, 5) is 10.6. The molecule has 5 nitrogen and oxygen atoms in total. The van der Waals surface area contributed by atoms with Crippen molar-refractivity contribution >= 4 is 17.6 Å². The minimum Gasteiger partial charge on any atom is -0.492 e. The molecule has 0 spiro atoms. The van der Waals surface area contributed by atoms with Crippen LogP contribution in [0.1, 0.15) is 12.0 Å². The molecule has 0 aromatic heterocycles. The van der Waals surface area contributed by atoms with Crippen LogP contribution in [-0.4, -0.2) is 32.4 Å². The number of carbonyl (C=O) groups is 1. The van der Waals surface area contributed by atoms with Gasteiger partial charge in [0, 0.05) is 12.0 Å². The lowest BCUT2D eigenvalue weighted by atomic mass is 10.1. The number of hydrogen-bond acceptors (Lipinski definition) is 4. The molecule has 0 aliphatic carbocycles. The molecule has 0 atom stereocenters. The summed E-state index contributed by atoms with van der Waals surface area (Å²) in [6.07, 6.45) is 0.292. The van der Waals surface area contributed by atoms with Crippen molar-refractivity contribution in [3.05, 3.63) is 16.7 Å². The molecule has 0 radical (unpaired) electrons. The second-order valence-corrected chi connectivity index (χ2v) is 3.92. The van der Waals surface area contributed by atoms with E-state index in [1.165, 1.54) is 21.3 Å². The van der Waals surface area contributed by atoms with Crippen LogP contribution in [0, 0.1) is 0 Å². The van der Waals surface area contributed by atoms with Gasteiger partial charge in [0.05, 0.1) is 26.4 Å². The molecule has 0 saturated carbocycles. The highest BCUT2D eigenvalue weighted by molar-refractivity contribution is 6.32. The third-order valence-electron chi connectivity index (χ3n) is 2.44. The maximum atomic E-state index is 10.6. The third-order valence-corrected chi connectivity index (χ3v) is 2.72. The van der Waals surface area contributed by atoms with Gasteiger partial charge in [0.1, 0.15) is 0 Å². The highest BCUT2D eigenvalue weighted by Gasteiger charge is 2.20. The number of aliphatic carboxylic acids is 1. The van der Waals surface area contributed by atoms with E-state index in [1.54, 1.807) is 6.07 Å². The zero-order chi connectivity index (χ0) is 13.7. The Morgan fingerprint density at radius 3 is 2.17 bits per heavy atom. The number of hydrogen-bond donors (Lipinski definition) is 1. The van der Waals surface area contributed by atoms with Gasteiger partial charge < -0.3 is 19.3 Å². The molecule has 0 heterocycles. The Hall–Kier alpha value is -1.62.